The molecule has 1 amide bonds. The molecule has 0 unspecified atom stereocenters. The van der Waals surface area contributed by atoms with E-state index in [9.17, 15) is 4.79 Å². The molecule has 1 fully saturated rings. The number of aromatic nitrogens is 2. The van der Waals surface area contributed by atoms with Gasteiger partial charge in [0.2, 0.25) is 0 Å². The Bertz CT molecular complexity index is 853. The van der Waals surface area contributed by atoms with E-state index in [0.717, 1.165) is 35.9 Å². The fourth-order valence-electron chi connectivity index (χ4n) is 3.47. The van der Waals surface area contributed by atoms with Gasteiger partial charge < -0.3 is 14.5 Å². The Morgan fingerprint density at radius 3 is 2.81 bits per heavy atom. The lowest BCUT2D eigenvalue weighted by Crippen LogP contribution is -2.49. The molecule has 26 heavy (non-hydrogen) atoms. The van der Waals surface area contributed by atoms with Crippen LogP contribution in [0.5, 0.6) is 0 Å². The lowest BCUT2D eigenvalue weighted by molar-refractivity contribution is 0.105. The highest BCUT2D eigenvalue weighted by Gasteiger charge is 2.26. The Morgan fingerprint density at radius 2 is 2.12 bits per heavy atom. The molecular weight excluding hydrogens is 348 g/mol. The monoisotopic (exact) mass is 370 g/mol. The zero-order valence-corrected chi connectivity index (χ0v) is 15.9. The van der Waals surface area contributed by atoms with Gasteiger partial charge in [-0.3, -0.25) is 4.98 Å². The minimum Gasteiger partial charge on any atom is -0.450 e. The highest BCUT2D eigenvalue weighted by atomic mass is 32.1. The number of fused-ring (bicyclic) bond motifs is 1. The van der Waals surface area contributed by atoms with Gasteiger partial charge in [0, 0.05) is 61.1 Å². The molecule has 0 aromatic carbocycles. The topological polar surface area (TPSA) is 58.6 Å². The Kier molecular flexibility index (Phi) is 4.63. The van der Waals surface area contributed by atoms with Crippen LogP contribution in [0.25, 0.3) is 11.6 Å². The number of hydrogen-bond donors (Lipinski definition) is 0. The number of amides is 1. The van der Waals surface area contributed by atoms with E-state index in [0.29, 0.717) is 19.7 Å². The summed E-state index contributed by atoms with van der Waals surface area (Å²) in [5.41, 5.74) is 5.80. The van der Waals surface area contributed by atoms with Gasteiger partial charge in [0.25, 0.3) is 0 Å². The maximum atomic E-state index is 11.9. The van der Waals surface area contributed by atoms with Gasteiger partial charge in [-0.1, -0.05) is 0 Å². The fraction of sp³-hybridized carbons (Fsp3) is 0.421. The summed E-state index contributed by atoms with van der Waals surface area (Å²) in [5, 5.41) is 3.17. The molecule has 0 N–H and O–H groups in total. The Balaban J connectivity index is 1.53. The van der Waals surface area contributed by atoms with Gasteiger partial charge in [0.05, 0.1) is 12.3 Å². The Labute approximate surface area is 157 Å². The number of nitrogens with zero attached hydrogens (tertiary/aromatic N) is 4. The number of rotatable bonds is 3. The van der Waals surface area contributed by atoms with E-state index >= 15 is 0 Å². The van der Waals surface area contributed by atoms with Crippen LogP contribution in [0.1, 0.15) is 28.9 Å². The summed E-state index contributed by atoms with van der Waals surface area (Å²) in [6.07, 6.45) is 4.73. The van der Waals surface area contributed by atoms with E-state index < -0.39 is 0 Å². The van der Waals surface area contributed by atoms with Crippen LogP contribution < -0.4 is 4.90 Å². The fourth-order valence-corrected chi connectivity index (χ4v) is 4.28. The molecule has 2 aromatic rings. The van der Waals surface area contributed by atoms with E-state index in [4.69, 9.17) is 4.74 Å². The summed E-state index contributed by atoms with van der Waals surface area (Å²) < 4.78 is 5.10. The standard InChI is InChI=1S/C19H22N4O2S/c1-3-25-19(24)23-8-6-22(7-9-23)17-4-5-20-16-11-14(10-15(16)17)18-21-13(2)12-26-18/h4-5,10,12H,3,6-9,11H2,1-2H3. The molecule has 2 aliphatic rings. The van der Waals surface area contributed by atoms with Crippen molar-refractivity contribution in [1.82, 2.24) is 14.9 Å². The number of thiazole rings is 1. The second-order valence-electron chi connectivity index (χ2n) is 6.50. The molecule has 0 bridgehead atoms. The minimum absolute atomic E-state index is 0.214. The predicted octanol–water partition coefficient (Wildman–Crippen LogP) is 3.22. The first-order valence-electron chi connectivity index (χ1n) is 8.93. The Hall–Kier alpha value is -2.41. The van der Waals surface area contributed by atoms with Gasteiger partial charge in [0.15, 0.2) is 0 Å². The number of aryl methyl sites for hydroxylation is 1. The summed E-state index contributed by atoms with van der Waals surface area (Å²) in [6, 6.07) is 2.07. The predicted molar refractivity (Wildman–Crippen MR) is 103 cm³/mol. The number of carbonyl (C=O) groups excluding carboxylic acids is 1. The highest BCUT2D eigenvalue weighted by molar-refractivity contribution is 7.10. The molecule has 3 heterocycles. The van der Waals surface area contributed by atoms with Gasteiger partial charge in [0.1, 0.15) is 5.01 Å². The van der Waals surface area contributed by atoms with Crippen LogP contribution in [0.15, 0.2) is 17.6 Å². The molecule has 1 saturated heterocycles. The van der Waals surface area contributed by atoms with Crippen LogP contribution in [0.2, 0.25) is 0 Å². The maximum Gasteiger partial charge on any atom is 0.409 e. The lowest BCUT2D eigenvalue weighted by atomic mass is 10.1. The van der Waals surface area contributed by atoms with Gasteiger partial charge in [-0.05, 0) is 31.6 Å². The van der Waals surface area contributed by atoms with E-state index in [1.807, 2.05) is 20.0 Å². The SMILES string of the molecule is CCOC(=O)N1CCN(c2ccnc3c2C=C(c2nc(C)cs2)C3)CC1. The third-order valence-corrected chi connectivity index (χ3v) is 5.80. The van der Waals surface area contributed by atoms with E-state index in [1.165, 1.54) is 16.8 Å². The van der Waals surface area contributed by atoms with Crippen molar-refractivity contribution < 1.29 is 9.53 Å². The lowest BCUT2D eigenvalue weighted by Gasteiger charge is -2.36. The van der Waals surface area contributed by atoms with Crippen LogP contribution in [0.4, 0.5) is 10.5 Å². The van der Waals surface area contributed by atoms with Crippen LogP contribution in [-0.2, 0) is 11.2 Å². The van der Waals surface area contributed by atoms with Crippen LogP contribution >= 0.6 is 11.3 Å². The maximum absolute atomic E-state index is 11.9. The van der Waals surface area contributed by atoms with E-state index in [2.05, 4.69) is 32.4 Å². The van der Waals surface area contributed by atoms with Gasteiger partial charge >= 0.3 is 6.09 Å². The quantitative estimate of drug-likeness (QED) is 0.830. The highest BCUT2D eigenvalue weighted by Crippen LogP contribution is 2.37. The molecule has 0 spiro atoms. The van der Waals surface area contributed by atoms with E-state index in [-0.39, 0.29) is 6.09 Å². The number of anilines is 1. The summed E-state index contributed by atoms with van der Waals surface area (Å²) >= 11 is 1.69. The van der Waals surface area contributed by atoms with E-state index in [1.54, 1.807) is 16.2 Å². The molecule has 4 rings (SSSR count). The minimum atomic E-state index is -0.214. The van der Waals surface area contributed by atoms with Crippen LogP contribution in [0, 0.1) is 6.92 Å². The number of ether oxygens (including phenoxy) is 1. The molecule has 0 radical (unpaired) electrons. The average molecular weight is 370 g/mol. The summed E-state index contributed by atoms with van der Waals surface area (Å²) in [4.78, 5) is 25.2. The first-order valence-corrected chi connectivity index (χ1v) is 9.81. The molecular formula is C19H22N4O2S. The summed E-state index contributed by atoms with van der Waals surface area (Å²) in [7, 11) is 0. The molecule has 6 nitrogen and oxygen atoms in total. The number of carbonyl (C=O) groups is 1. The van der Waals surface area contributed by atoms with Gasteiger partial charge in [-0.2, -0.15) is 0 Å². The molecule has 2 aromatic heterocycles. The molecule has 136 valence electrons. The molecule has 7 heteroatoms. The molecule has 1 aliphatic carbocycles. The third kappa shape index (κ3) is 3.19. The second-order valence-corrected chi connectivity index (χ2v) is 7.36. The van der Waals surface area contributed by atoms with Crippen molar-refractivity contribution in [1.29, 1.82) is 0 Å². The summed E-state index contributed by atoms with van der Waals surface area (Å²) in [5.74, 6) is 0. The van der Waals surface area contributed by atoms with Crippen molar-refractivity contribution >= 4 is 34.8 Å². The largest absolute Gasteiger partial charge is 0.450 e. The Morgan fingerprint density at radius 1 is 1.31 bits per heavy atom. The average Bonchev–Trinajstić information content (AvgIpc) is 3.27. The first-order chi connectivity index (χ1) is 12.7. The van der Waals surface area contributed by atoms with Crippen molar-refractivity contribution in [3.63, 3.8) is 0 Å². The van der Waals surface area contributed by atoms with Crippen molar-refractivity contribution in [2.45, 2.75) is 20.3 Å². The molecule has 0 atom stereocenters. The number of hydrogen-bond acceptors (Lipinski definition) is 6. The van der Waals surface area contributed by atoms with Crippen LogP contribution in [-0.4, -0.2) is 53.7 Å². The van der Waals surface area contributed by atoms with Crippen molar-refractivity contribution in [3.05, 3.63) is 39.6 Å². The van der Waals surface area contributed by atoms with Gasteiger partial charge in [-0.15, -0.1) is 11.3 Å². The molecule has 1 aliphatic heterocycles. The number of piperazine rings is 1. The van der Waals surface area contributed by atoms with Crippen LogP contribution in [0.3, 0.4) is 0 Å². The number of pyridine rings is 1. The number of allylic oxidation sites excluding steroid dienone is 1. The third-order valence-electron chi connectivity index (χ3n) is 4.77. The zero-order chi connectivity index (χ0) is 18.1. The summed E-state index contributed by atoms with van der Waals surface area (Å²) in [6.45, 7) is 7.23. The smallest absolute Gasteiger partial charge is 0.409 e. The molecule has 0 saturated carbocycles. The van der Waals surface area contributed by atoms with Gasteiger partial charge in [-0.25, -0.2) is 9.78 Å². The normalized spacial score (nSPS) is 16.5. The second kappa shape index (κ2) is 7.07. The van der Waals surface area contributed by atoms with Crippen molar-refractivity contribution in [2.24, 2.45) is 0 Å². The van der Waals surface area contributed by atoms with Crippen molar-refractivity contribution in [3.8, 4) is 0 Å². The first kappa shape index (κ1) is 17.0. The van der Waals surface area contributed by atoms with Crippen molar-refractivity contribution in [2.75, 3.05) is 37.7 Å². The zero-order valence-electron chi connectivity index (χ0n) is 15.1.